The topological polar surface area (TPSA) is 81.4 Å². The number of rotatable bonds is 7. The Morgan fingerprint density at radius 2 is 1.82 bits per heavy atom. The van der Waals surface area contributed by atoms with Gasteiger partial charge in [0.25, 0.3) is 0 Å². The quantitative estimate of drug-likeness (QED) is 0.483. The molecule has 0 aliphatic heterocycles. The van der Waals surface area contributed by atoms with Crippen LogP contribution in [0.3, 0.4) is 0 Å². The molecule has 0 heterocycles. The van der Waals surface area contributed by atoms with Gasteiger partial charge in [0, 0.05) is 6.54 Å². The molecule has 5 heteroatoms. The van der Waals surface area contributed by atoms with E-state index in [4.69, 9.17) is 10.5 Å². The molecule has 2 N–H and O–H groups in total. The van der Waals surface area contributed by atoms with Crippen molar-refractivity contribution < 1.29 is 19.4 Å². The number of ether oxygens (including phenoxy) is 2. The van der Waals surface area contributed by atoms with Gasteiger partial charge in [0.1, 0.15) is 6.61 Å². The Bertz CT molecular complexity index is 107. The van der Waals surface area contributed by atoms with E-state index in [9.17, 15) is 9.90 Å². The van der Waals surface area contributed by atoms with Crippen LogP contribution in [0.15, 0.2) is 0 Å². The molecule has 0 amide bonds. The minimum Gasteiger partial charge on any atom is -0.378 e. The smallest absolute Gasteiger partial charge is 0.378 e. The van der Waals surface area contributed by atoms with Crippen LogP contribution in [0.1, 0.15) is 0 Å². The number of hydrogen-bond donors (Lipinski definition) is 1. The summed E-state index contributed by atoms with van der Waals surface area (Å²) in [6.45, 7) is 1.17. The summed E-state index contributed by atoms with van der Waals surface area (Å²) in [7, 11) is 0. The van der Waals surface area contributed by atoms with Crippen molar-refractivity contribution in [2.75, 3.05) is 33.0 Å². The van der Waals surface area contributed by atoms with E-state index in [1.54, 1.807) is 0 Å². The molecule has 0 atom stereocenters. The van der Waals surface area contributed by atoms with Crippen molar-refractivity contribution in [3.05, 3.63) is 0 Å². The van der Waals surface area contributed by atoms with Gasteiger partial charge in [-0.15, -0.1) is 0 Å². The average Bonchev–Trinajstić information content (AvgIpc) is 1.96. The van der Waals surface area contributed by atoms with Gasteiger partial charge >= 0.3 is 5.97 Å². The molecule has 0 aromatic heterocycles. The first-order valence-corrected chi connectivity index (χ1v) is 3.32. The maximum Gasteiger partial charge on any atom is 0.380 e. The third-order valence-electron chi connectivity index (χ3n) is 0.854. The average molecular weight is 162 g/mol. The van der Waals surface area contributed by atoms with E-state index >= 15 is 0 Å². The third-order valence-corrected chi connectivity index (χ3v) is 0.854. The van der Waals surface area contributed by atoms with E-state index < -0.39 is 5.97 Å². The molecule has 0 saturated heterocycles. The zero-order chi connectivity index (χ0) is 8.53. The van der Waals surface area contributed by atoms with Gasteiger partial charge in [-0.25, -0.2) is 9.90 Å². The Morgan fingerprint density at radius 1 is 1.18 bits per heavy atom. The standard InChI is InChI=1S/C6H12NO4/c7-1-2-10-3-4-11-5-6(8)9/h1-5,7H2. The second-order valence-electron chi connectivity index (χ2n) is 1.83. The van der Waals surface area contributed by atoms with Gasteiger partial charge in [-0.3, -0.25) is 0 Å². The molecule has 0 aliphatic carbocycles. The second kappa shape index (κ2) is 7.46. The zero-order valence-corrected chi connectivity index (χ0v) is 6.25. The monoisotopic (exact) mass is 162 g/mol. The van der Waals surface area contributed by atoms with Crippen LogP contribution in [0.4, 0.5) is 0 Å². The van der Waals surface area contributed by atoms with Crippen LogP contribution in [0.5, 0.6) is 0 Å². The fourth-order valence-corrected chi connectivity index (χ4v) is 0.459. The van der Waals surface area contributed by atoms with Gasteiger partial charge in [0.05, 0.1) is 19.8 Å². The lowest BCUT2D eigenvalue weighted by Gasteiger charge is -2.00. The lowest BCUT2D eigenvalue weighted by molar-refractivity contribution is -0.148. The largest absolute Gasteiger partial charge is 0.380 e. The van der Waals surface area contributed by atoms with Crippen molar-refractivity contribution in [1.82, 2.24) is 0 Å². The van der Waals surface area contributed by atoms with Gasteiger partial charge in [-0.1, -0.05) is 0 Å². The van der Waals surface area contributed by atoms with Crippen molar-refractivity contribution in [1.29, 1.82) is 0 Å². The molecule has 0 fully saturated rings. The predicted molar refractivity (Wildman–Crippen MR) is 36.4 cm³/mol. The van der Waals surface area contributed by atoms with E-state index in [0.717, 1.165) is 0 Å². The summed E-state index contributed by atoms with van der Waals surface area (Å²) < 4.78 is 9.52. The lowest BCUT2D eigenvalue weighted by atomic mass is 10.7. The van der Waals surface area contributed by atoms with Crippen LogP contribution in [-0.2, 0) is 19.4 Å². The second-order valence-corrected chi connectivity index (χ2v) is 1.83. The van der Waals surface area contributed by atoms with Gasteiger partial charge in [0.15, 0.2) is 0 Å². The van der Waals surface area contributed by atoms with Crippen LogP contribution in [0.25, 0.3) is 0 Å². The maximum atomic E-state index is 9.79. The molecule has 0 aromatic rings. The molecule has 0 rings (SSSR count). The molecule has 11 heavy (non-hydrogen) atoms. The van der Waals surface area contributed by atoms with Crippen LogP contribution in [0.2, 0.25) is 0 Å². The Labute approximate surface area is 65.1 Å². The van der Waals surface area contributed by atoms with Crippen LogP contribution in [0, 0.1) is 0 Å². The molecule has 0 aliphatic rings. The van der Waals surface area contributed by atoms with E-state index in [2.05, 4.69) is 4.74 Å². The molecular weight excluding hydrogens is 150 g/mol. The highest BCUT2D eigenvalue weighted by atomic mass is 16.5. The normalized spacial score (nSPS) is 9.91. The summed E-state index contributed by atoms with van der Waals surface area (Å²) in [5.74, 6) is -1.22. The van der Waals surface area contributed by atoms with Crippen LogP contribution >= 0.6 is 0 Å². The van der Waals surface area contributed by atoms with Crippen molar-refractivity contribution in [3.63, 3.8) is 0 Å². The fourth-order valence-electron chi connectivity index (χ4n) is 0.459. The van der Waals surface area contributed by atoms with Crippen LogP contribution in [-0.4, -0.2) is 38.9 Å². The van der Waals surface area contributed by atoms with Crippen molar-refractivity contribution in [2.24, 2.45) is 5.73 Å². The molecule has 1 radical (unpaired) electrons. The SMILES string of the molecule is NCCOCCOCC([O])=O. The first kappa shape index (κ1) is 10.3. The Morgan fingerprint density at radius 3 is 2.36 bits per heavy atom. The summed E-state index contributed by atoms with van der Waals surface area (Å²) in [6.07, 6.45) is 0. The molecule has 0 bridgehead atoms. The Kier molecular flexibility index (Phi) is 7.02. The summed E-state index contributed by atoms with van der Waals surface area (Å²) in [6, 6.07) is 0. The van der Waals surface area contributed by atoms with E-state index in [1.807, 2.05) is 0 Å². The summed E-state index contributed by atoms with van der Waals surface area (Å²) in [5.41, 5.74) is 5.12. The number of carbonyl (C=O) groups excluding carboxylic acids is 1. The predicted octanol–water partition coefficient (Wildman–Crippen LogP) is -1.06. The van der Waals surface area contributed by atoms with Gasteiger partial charge < -0.3 is 15.2 Å². The highest BCUT2D eigenvalue weighted by molar-refractivity contribution is 5.67. The minimum atomic E-state index is -1.22. The third kappa shape index (κ3) is 9.35. The highest BCUT2D eigenvalue weighted by Gasteiger charge is 1.97. The van der Waals surface area contributed by atoms with E-state index in [1.165, 1.54) is 0 Å². The number of nitrogens with two attached hydrogens (primary N) is 1. The highest BCUT2D eigenvalue weighted by Crippen LogP contribution is 1.77. The molecule has 65 valence electrons. The molecule has 0 unspecified atom stereocenters. The molecule has 0 aromatic carbocycles. The van der Waals surface area contributed by atoms with Gasteiger partial charge in [-0.2, -0.15) is 0 Å². The van der Waals surface area contributed by atoms with Gasteiger partial charge in [0.2, 0.25) is 0 Å². The van der Waals surface area contributed by atoms with Crippen molar-refractivity contribution >= 4 is 5.97 Å². The number of hydrogen-bond acceptors (Lipinski definition) is 4. The molecule has 0 saturated carbocycles. The summed E-state index contributed by atoms with van der Waals surface area (Å²) in [4.78, 5) is 9.79. The summed E-state index contributed by atoms with van der Waals surface area (Å²) in [5, 5.41) is 9.79. The first-order valence-electron chi connectivity index (χ1n) is 3.32. The number of carbonyl (C=O) groups is 1. The maximum absolute atomic E-state index is 9.79. The Balaban J connectivity index is 2.85. The minimum absolute atomic E-state index is 0.258. The lowest BCUT2D eigenvalue weighted by Crippen LogP contribution is -2.14. The summed E-state index contributed by atoms with van der Waals surface area (Å²) >= 11 is 0. The van der Waals surface area contributed by atoms with Crippen molar-refractivity contribution in [2.45, 2.75) is 0 Å². The van der Waals surface area contributed by atoms with E-state index in [-0.39, 0.29) is 13.2 Å². The van der Waals surface area contributed by atoms with Crippen molar-refractivity contribution in [3.8, 4) is 0 Å². The zero-order valence-electron chi connectivity index (χ0n) is 6.25. The molecular formula is C6H12NO4. The Hall–Kier alpha value is -0.650. The van der Waals surface area contributed by atoms with Crippen LogP contribution < -0.4 is 5.73 Å². The van der Waals surface area contributed by atoms with Gasteiger partial charge in [-0.05, 0) is 0 Å². The molecule has 5 nitrogen and oxygen atoms in total. The van der Waals surface area contributed by atoms with E-state index in [0.29, 0.717) is 19.8 Å². The molecule has 0 spiro atoms. The fraction of sp³-hybridized carbons (Fsp3) is 0.833. The first-order chi connectivity index (χ1) is 5.27.